The van der Waals surface area contributed by atoms with Gasteiger partial charge in [0.1, 0.15) is 0 Å². The van der Waals surface area contributed by atoms with Crippen LogP contribution in [0.1, 0.15) is 35.7 Å². The minimum Gasteiger partial charge on any atom is -0.364 e. The van der Waals surface area contributed by atoms with Crippen molar-refractivity contribution in [3.63, 3.8) is 0 Å². The summed E-state index contributed by atoms with van der Waals surface area (Å²) in [4.78, 5) is 17.6. The van der Waals surface area contributed by atoms with Gasteiger partial charge in [0.05, 0.1) is 11.3 Å². The Morgan fingerprint density at radius 2 is 1.89 bits per heavy atom. The molecule has 1 fully saturated rings. The lowest BCUT2D eigenvalue weighted by Crippen LogP contribution is -2.40. The van der Waals surface area contributed by atoms with E-state index in [1.807, 2.05) is 19.1 Å². The van der Waals surface area contributed by atoms with Crippen molar-refractivity contribution in [1.29, 1.82) is 0 Å². The number of nitrogens with one attached hydrogen (secondary N) is 2. The van der Waals surface area contributed by atoms with Crippen LogP contribution in [0.25, 0.3) is 0 Å². The fraction of sp³-hybridized carbons (Fsp3) is 0.316. The van der Waals surface area contributed by atoms with E-state index in [4.69, 9.17) is 4.84 Å². The first-order chi connectivity index (χ1) is 12.7. The lowest BCUT2D eigenvalue weighted by atomic mass is 10.1. The van der Waals surface area contributed by atoms with Crippen molar-refractivity contribution < 1.29 is 23.5 Å². The molecule has 1 amide bonds. The fourth-order valence-corrected chi connectivity index (χ4v) is 3.30. The van der Waals surface area contributed by atoms with Crippen molar-refractivity contribution >= 4 is 39.9 Å². The van der Waals surface area contributed by atoms with Gasteiger partial charge in [-0.25, -0.2) is 19.1 Å². The first-order valence-corrected chi connectivity index (χ1v) is 9.48. The zero-order chi connectivity index (χ0) is 19.8. The molecule has 8 heteroatoms. The van der Waals surface area contributed by atoms with Crippen LogP contribution < -0.4 is 10.8 Å². The van der Waals surface area contributed by atoms with Gasteiger partial charge in [0.25, 0.3) is 5.91 Å². The normalized spacial score (nSPS) is 15.9. The molecule has 1 aliphatic rings. The first kappa shape index (κ1) is 20.0. The molecule has 0 radical (unpaired) electrons. The third kappa shape index (κ3) is 4.74. The van der Waals surface area contributed by atoms with E-state index < -0.39 is 23.3 Å². The molecule has 0 heterocycles. The van der Waals surface area contributed by atoms with E-state index in [9.17, 15) is 18.7 Å². The van der Waals surface area contributed by atoms with Gasteiger partial charge in [-0.3, -0.25) is 4.79 Å². The van der Waals surface area contributed by atoms with E-state index in [0.717, 1.165) is 34.1 Å². The Labute approximate surface area is 169 Å². The molecule has 1 saturated carbocycles. The van der Waals surface area contributed by atoms with Crippen LogP contribution in [0, 0.1) is 28.0 Å². The Morgan fingerprint density at radius 3 is 2.52 bits per heavy atom. The average molecular weight is 488 g/mol. The van der Waals surface area contributed by atoms with Gasteiger partial charge in [0.2, 0.25) is 0 Å². The molecule has 1 unspecified atom stereocenters. The third-order valence-electron chi connectivity index (χ3n) is 4.45. The Bertz CT molecular complexity index is 885. The predicted octanol–water partition coefficient (Wildman–Crippen LogP) is 4.40. The maximum absolute atomic E-state index is 13.8. The number of amides is 1. The summed E-state index contributed by atoms with van der Waals surface area (Å²) >= 11 is 2.17. The highest BCUT2D eigenvalue weighted by Crippen LogP contribution is 2.39. The highest BCUT2D eigenvalue weighted by atomic mass is 127. The maximum atomic E-state index is 13.8. The molecule has 1 atom stereocenters. The summed E-state index contributed by atoms with van der Waals surface area (Å²) in [7, 11) is 0. The van der Waals surface area contributed by atoms with Gasteiger partial charge in [-0.15, -0.1) is 0 Å². The zero-order valence-corrected chi connectivity index (χ0v) is 16.9. The van der Waals surface area contributed by atoms with Gasteiger partial charge in [-0.1, -0.05) is 0 Å². The van der Waals surface area contributed by atoms with Crippen molar-refractivity contribution in [2.24, 2.45) is 5.92 Å². The van der Waals surface area contributed by atoms with Crippen molar-refractivity contribution in [3.05, 3.63) is 56.7 Å². The molecule has 144 valence electrons. The second-order valence-corrected chi connectivity index (χ2v) is 8.00. The summed E-state index contributed by atoms with van der Waals surface area (Å²) in [5, 5.41) is 13.1. The van der Waals surface area contributed by atoms with Crippen LogP contribution in [0.2, 0.25) is 0 Å². The number of aliphatic hydroxyl groups is 1. The smallest absolute Gasteiger partial charge is 0.277 e. The molecule has 27 heavy (non-hydrogen) atoms. The molecule has 0 bridgehead atoms. The topological polar surface area (TPSA) is 70.6 Å². The van der Waals surface area contributed by atoms with Crippen molar-refractivity contribution in [3.8, 4) is 0 Å². The second-order valence-electron chi connectivity index (χ2n) is 6.76. The largest absolute Gasteiger partial charge is 0.364 e. The summed E-state index contributed by atoms with van der Waals surface area (Å²) in [6.07, 6.45) is 1.60. The summed E-state index contributed by atoms with van der Waals surface area (Å²) in [5.41, 5.74) is 3.62. The molecule has 3 rings (SSSR count). The number of anilines is 2. The molecular weight excluding hydrogens is 469 g/mol. The summed E-state index contributed by atoms with van der Waals surface area (Å²) in [5.74, 6) is -4.59. The lowest BCUT2D eigenvalue weighted by Gasteiger charge is -2.23. The number of benzene rings is 2. The van der Waals surface area contributed by atoms with Crippen LogP contribution in [-0.2, 0) is 4.84 Å². The lowest BCUT2D eigenvalue weighted by molar-refractivity contribution is -0.230. The number of rotatable bonds is 6. The average Bonchev–Trinajstić information content (AvgIpc) is 3.44. The van der Waals surface area contributed by atoms with E-state index in [2.05, 4.69) is 33.4 Å². The summed E-state index contributed by atoms with van der Waals surface area (Å²) in [6, 6.07) is 7.27. The SMILES string of the molecule is Cc1cc(I)ccc1Nc1cc(F)c(F)cc1C(=O)NOC(C)(O)C1CC1. The minimum absolute atomic E-state index is 0.0604. The Morgan fingerprint density at radius 1 is 1.22 bits per heavy atom. The van der Waals surface area contributed by atoms with Crippen molar-refractivity contribution in [1.82, 2.24) is 5.48 Å². The van der Waals surface area contributed by atoms with Gasteiger partial charge in [0.15, 0.2) is 17.4 Å². The zero-order valence-electron chi connectivity index (χ0n) is 14.8. The predicted molar refractivity (Wildman–Crippen MR) is 105 cm³/mol. The van der Waals surface area contributed by atoms with E-state index in [-0.39, 0.29) is 17.2 Å². The second kappa shape index (κ2) is 7.69. The number of halogens is 3. The third-order valence-corrected chi connectivity index (χ3v) is 5.12. The van der Waals surface area contributed by atoms with E-state index >= 15 is 0 Å². The Kier molecular flexibility index (Phi) is 5.68. The monoisotopic (exact) mass is 488 g/mol. The highest BCUT2D eigenvalue weighted by molar-refractivity contribution is 14.1. The standard InChI is InChI=1S/C19H19F2IN2O3/c1-10-7-12(22)5-6-16(10)23-17-9-15(21)14(20)8-13(17)18(25)24-27-19(2,26)11-3-4-11/h5-9,11,23,26H,3-4H2,1-2H3,(H,24,25). The number of hydrogen-bond donors (Lipinski definition) is 3. The maximum Gasteiger partial charge on any atom is 0.277 e. The van der Waals surface area contributed by atoms with E-state index in [1.54, 1.807) is 6.07 Å². The fourth-order valence-electron chi connectivity index (χ4n) is 2.66. The highest BCUT2D eigenvalue weighted by Gasteiger charge is 2.42. The number of carbonyl (C=O) groups excluding carboxylic acids is 1. The van der Waals surface area contributed by atoms with Crippen molar-refractivity contribution in [2.45, 2.75) is 32.5 Å². The molecule has 2 aromatic rings. The number of carbonyl (C=O) groups is 1. The molecule has 1 aliphatic carbocycles. The minimum atomic E-state index is -1.51. The van der Waals surface area contributed by atoms with Crippen LogP contribution in [0.15, 0.2) is 30.3 Å². The van der Waals surface area contributed by atoms with Gasteiger partial charge < -0.3 is 10.4 Å². The molecule has 0 aromatic heterocycles. The molecule has 3 N–H and O–H groups in total. The van der Waals surface area contributed by atoms with E-state index in [0.29, 0.717) is 5.69 Å². The van der Waals surface area contributed by atoms with E-state index in [1.165, 1.54) is 6.92 Å². The van der Waals surface area contributed by atoms with Crippen LogP contribution in [0.3, 0.4) is 0 Å². The Hall–Kier alpha value is -1.78. The number of hydrogen-bond acceptors (Lipinski definition) is 4. The summed E-state index contributed by atoms with van der Waals surface area (Å²) < 4.78 is 28.5. The molecular formula is C19H19F2IN2O3. The van der Waals surface area contributed by atoms with Crippen LogP contribution in [-0.4, -0.2) is 16.8 Å². The molecule has 0 spiro atoms. The summed E-state index contributed by atoms with van der Waals surface area (Å²) in [6.45, 7) is 3.31. The van der Waals surface area contributed by atoms with Gasteiger partial charge in [-0.2, -0.15) is 0 Å². The van der Waals surface area contributed by atoms with Crippen LogP contribution in [0.4, 0.5) is 20.2 Å². The van der Waals surface area contributed by atoms with Gasteiger partial charge in [-0.05, 0) is 79.1 Å². The number of aryl methyl sites for hydroxylation is 1. The van der Waals surface area contributed by atoms with Gasteiger partial charge >= 0.3 is 0 Å². The quantitative estimate of drug-likeness (QED) is 0.321. The molecule has 5 nitrogen and oxygen atoms in total. The first-order valence-electron chi connectivity index (χ1n) is 8.40. The van der Waals surface area contributed by atoms with Crippen molar-refractivity contribution in [2.75, 3.05) is 5.32 Å². The molecule has 0 saturated heterocycles. The van der Waals surface area contributed by atoms with Gasteiger partial charge in [0, 0.05) is 21.2 Å². The molecule has 0 aliphatic heterocycles. The van der Waals surface area contributed by atoms with Crippen LogP contribution >= 0.6 is 22.6 Å². The number of hydroxylamine groups is 1. The molecule has 2 aromatic carbocycles. The van der Waals surface area contributed by atoms with Crippen LogP contribution in [0.5, 0.6) is 0 Å². The Balaban J connectivity index is 1.85.